The van der Waals surface area contributed by atoms with Gasteiger partial charge in [-0.2, -0.15) is 0 Å². The van der Waals surface area contributed by atoms with E-state index in [9.17, 15) is 0 Å². The highest BCUT2D eigenvalue weighted by Gasteiger charge is 2.06. The average molecular weight is 273 g/mol. The van der Waals surface area contributed by atoms with Gasteiger partial charge in [0.1, 0.15) is 11.6 Å². The maximum absolute atomic E-state index is 5.73. The van der Waals surface area contributed by atoms with Crippen molar-refractivity contribution in [2.45, 2.75) is 39.3 Å². The normalized spacial score (nSPS) is 11.0. The summed E-state index contributed by atoms with van der Waals surface area (Å²) in [5.41, 5.74) is 6.69. The fraction of sp³-hybridized carbons (Fsp3) is 0.438. The van der Waals surface area contributed by atoms with Crippen LogP contribution in [0.2, 0.25) is 0 Å². The van der Waals surface area contributed by atoms with Crippen LogP contribution in [-0.2, 0) is 13.1 Å². The van der Waals surface area contributed by atoms with Crippen LogP contribution >= 0.6 is 0 Å². The van der Waals surface area contributed by atoms with Gasteiger partial charge >= 0.3 is 0 Å². The van der Waals surface area contributed by atoms with Gasteiger partial charge in [0.25, 0.3) is 0 Å². The molecule has 2 aromatic rings. The molecule has 4 nitrogen and oxygen atoms in total. The minimum absolute atomic E-state index is 0.453. The molecular weight excluding hydrogens is 250 g/mol. The highest BCUT2D eigenvalue weighted by atomic mass is 16.5. The Balaban J connectivity index is 1.77. The third-order valence-corrected chi connectivity index (χ3v) is 3.24. The number of aryl methyl sites for hydroxylation is 1. The van der Waals surface area contributed by atoms with Gasteiger partial charge < -0.3 is 15.0 Å². The Kier molecular flexibility index (Phi) is 5.18. The number of hydrogen-bond donors (Lipinski definition) is 1. The second-order valence-corrected chi connectivity index (χ2v) is 5.18. The Hall–Kier alpha value is -1.81. The Morgan fingerprint density at radius 2 is 2.00 bits per heavy atom. The minimum atomic E-state index is 0.453. The molecule has 0 radical (unpaired) electrons. The van der Waals surface area contributed by atoms with Gasteiger partial charge in [-0.3, -0.25) is 0 Å². The van der Waals surface area contributed by atoms with Crippen molar-refractivity contribution in [1.82, 2.24) is 9.55 Å². The van der Waals surface area contributed by atoms with E-state index < -0.39 is 0 Å². The van der Waals surface area contributed by atoms with Crippen molar-refractivity contribution < 1.29 is 4.74 Å². The molecule has 0 saturated heterocycles. The maximum atomic E-state index is 5.73. The molecule has 108 valence electrons. The first-order valence-corrected chi connectivity index (χ1v) is 7.13. The molecule has 0 saturated carbocycles. The van der Waals surface area contributed by atoms with Crippen LogP contribution in [0, 0.1) is 0 Å². The first kappa shape index (κ1) is 14.6. The summed E-state index contributed by atoms with van der Waals surface area (Å²) in [4.78, 5) is 4.38. The summed E-state index contributed by atoms with van der Waals surface area (Å²) in [7, 11) is 0. The van der Waals surface area contributed by atoms with E-state index >= 15 is 0 Å². The zero-order valence-electron chi connectivity index (χ0n) is 12.2. The molecule has 0 unspecified atom stereocenters. The van der Waals surface area contributed by atoms with Crippen molar-refractivity contribution in [1.29, 1.82) is 0 Å². The van der Waals surface area contributed by atoms with Gasteiger partial charge in [0.2, 0.25) is 0 Å². The SMILES string of the molecule is CC(C)c1nccn1CCCOc1ccc(CN)cc1. The Bertz CT molecular complexity index is 517. The van der Waals surface area contributed by atoms with Gasteiger partial charge in [-0.25, -0.2) is 4.98 Å². The smallest absolute Gasteiger partial charge is 0.119 e. The van der Waals surface area contributed by atoms with Crippen molar-refractivity contribution in [3.8, 4) is 5.75 Å². The molecule has 20 heavy (non-hydrogen) atoms. The average Bonchev–Trinajstić information content (AvgIpc) is 2.93. The Morgan fingerprint density at radius 1 is 1.25 bits per heavy atom. The quantitative estimate of drug-likeness (QED) is 0.789. The van der Waals surface area contributed by atoms with Gasteiger partial charge in [-0.05, 0) is 24.1 Å². The number of aromatic nitrogens is 2. The number of imidazole rings is 1. The number of rotatable bonds is 7. The lowest BCUT2D eigenvalue weighted by Gasteiger charge is -2.11. The summed E-state index contributed by atoms with van der Waals surface area (Å²) >= 11 is 0. The van der Waals surface area contributed by atoms with E-state index in [1.54, 1.807) is 0 Å². The van der Waals surface area contributed by atoms with E-state index in [0.29, 0.717) is 19.1 Å². The highest BCUT2D eigenvalue weighted by Crippen LogP contribution is 2.14. The lowest BCUT2D eigenvalue weighted by molar-refractivity contribution is 0.300. The third-order valence-electron chi connectivity index (χ3n) is 3.24. The Morgan fingerprint density at radius 3 is 2.65 bits per heavy atom. The largest absolute Gasteiger partial charge is 0.494 e. The Labute approximate surface area is 120 Å². The van der Waals surface area contributed by atoms with E-state index in [4.69, 9.17) is 10.5 Å². The molecule has 0 aliphatic carbocycles. The number of ether oxygens (including phenoxy) is 1. The molecule has 4 heteroatoms. The molecule has 0 spiro atoms. The fourth-order valence-corrected chi connectivity index (χ4v) is 2.16. The molecule has 0 atom stereocenters. The number of hydrogen-bond acceptors (Lipinski definition) is 3. The van der Waals surface area contributed by atoms with Crippen molar-refractivity contribution in [3.63, 3.8) is 0 Å². The number of nitrogens with zero attached hydrogens (tertiary/aromatic N) is 2. The predicted octanol–water partition coefficient (Wildman–Crippen LogP) is 2.93. The standard InChI is InChI=1S/C16H23N3O/c1-13(2)16-18-8-10-19(16)9-3-11-20-15-6-4-14(12-17)5-7-15/h4-8,10,13H,3,9,11-12,17H2,1-2H3. The first-order valence-electron chi connectivity index (χ1n) is 7.13. The van der Waals surface area contributed by atoms with Gasteiger partial charge in [0, 0.05) is 31.4 Å². The van der Waals surface area contributed by atoms with Crippen LogP contribution in [-0.4, -0.2) is 16.2 Å². The van der Waals surface area contributed by atoms with Crippen LogP contribution in [0.1, 0.15) is 37.6 Å². The summed E-state index contributed by atoms with van der Waals surface area (Å²) in [6.45, 7) is 6.54. The summed E-state index contributed by atoms with van der Waals surface area (Å²) < 4.78 is 7.93. The molecule has 2 rings (SSSR count). The molecule has 0 bridgehead atoms. The molecule has 1 heterocycles. The zero-order valence-corrected chi connectivity index (χ0v) is 12.2. The van der Waals surface area contributed by atoms with Crippen molar-refractivity contribution >= 4 is 0 Å². The number of nitrogens with two attached hydrogens (primary N) is 1. The number of benzene rings is 1. The van der Waals surface area contributed by atoms with Crippen LogP contribution < -0.4 is 10.5 Å². The molecule has 0 aliphatic heterocycles. The van der Waals surface area contributed by atoms with Crippen molar-refractivity contribution in [2.24, 2.45) is 5.73 Å². The van der Waals surface area contributed by atoms with E-state index in [1.807, 2.05) is 36.7 Å². The second kappa shape index (κ2) is 7.10. The second-order valence-electron chi connectivity index (χ2n) is 5.18. The lowest BCUT2D eigenvalue weighted by atomic mass is 10.2. The van der Waals surface area contributed by atoms with E-state index in [2.05, 4.69) is 23.4 Å². The molecule has 2 N–H and O–H groups in total. The molecular formula is C16H23N3O. The summed E-state index contributed by atoms with van der Waals surface area (Å²) in [6.07, 6.45) is 4.86. The molecule has 0 aliphatic rings. The van der Waals surface area contributed by atoms with Gasteiger partial charge in [0.15, 0.2) is 0 Å². The third kappa shape index (κ3) is 3.84. The van der Waals surface area contributed by atoms with Crippen LogP contribution in [0.25, 0.3) is 0 Å². The van der Waals surface area contributed by atoms with E-state index in [-0.39, 0.29) is 0 Å². The van der Waals surface area contributed by atoms with Crippen LogP contribution in [0.3, 0.4) is 0 Å². The highest BCUT2D eigenvalue weighted by molar-refractivity contribution is 5.27. The summed E-state index contributed by atoms with van der Waals surface area (Å²) in [6, 6.07) is 7.95. The van der Waals surface area contributed by atoms with E-state index in [1.165, 1.54) is 0 Å². The predicted molar refractivity (Wildman–Crippen MR) is 80.8 cm³/mol. The zero-order chi connectivity index (χ0) is 14.4. The lowest BCUT2D eigenvalue weighted by Crippen LogP contribution is -2.08. The maximum Gasteiger partial charge on any atom is 0.119 e. The van der Waals surface area contributed by atoms with E-state index in [0.717, 1.165) is 30.1 Å². The minimum Gasteiger partial charge on any atom is -0.494 e. The van der Waals surface area contributed by atoms with Gasteiger partial charge in [-0.1, -0.05) is 26.0 Å². The van der Waals surface area contributed by atoms with Crippen LogP contribution in [0.5, 0.6) is 5.75 Å². The molecule has 0 fully saturated rings. The first-order chi connectivity index (χ1) is 9.70. The van der Waals surface area contributed by atoms with Crippen molar-refractivity contribution in [3.05, 3.63) is 48.0 Å². The molecule has 1 aromatic carbocycles. The summed E-state index contributed by atoms with van der Waals surface area (Å²) in [5.74, 6) is 2.49. The topological polar surface area (TPSA) is 53.1 Å². The van der Waals surface area contributed by atoms with Gasteiger partial charge in [0.05, 0.1) is 6.61 Å². The summed E-state index contributed by atoms with van der Waals surface area (Å²) in [5, 5.41) is 0. The van der Waals surface area contributed by atoms with Crippen LogP contribution in [0.15, 0.2) is 36.7 Å². The van der Waals surface area contributed by atoms with Crippen molar-refractivity contribution in [2.75, 3.05) is 6.61 Å². The monoisotopic (exact) mass is 273 g/mol. The van der Waals surface area contributed by atoms with Crippen LogP contribution in [0.4, 0.5) is 0 Å². The van der Waals surface area contributed by atoms with Gasteiger partial charge in [-0.15, -0.1) is 0 Å². The molecule has 1 aromatic heterocycles. The molecule has 0 amide bonds. The fourth-order valence-electron chi connectivity index (χ4n) is 2.16.